The van der Waals surface area contributed by atoms with Gasteiger partial charge in [0.05, 0.1) is 5.56 Å². The summed E-state index contributed by atoms with van der Waals surface area (Å²) in [5.41, 5.74) is -0.828. The van der Waals surface area contributed by atoms with Gasteiger partial charge in [0.15, 0.2) is 11.6 Å². The summed E-state index contributed by atoms with van der Waals surface area (Å²) in [6.07, 6.45) is 3.59. The number of hydrogen-bond donors (Lipinski definition) is 1. The van der Waals surface area contributed by atoms with Gasteiger partial charge < -0.3 is 9.88 Å². The van der Waals surface area contributed by atoms with Crippen LogP contribution in [0.5, 0.6) is 0 Å². The number of rotatable bonds is 3. The molecule has 0 radical (unpaired) electrons. The second-order valence-corrected chi connectivity index (χ2v) is 4.79. The van der Waals surface area contributed by atoms with Crippen LogP contribution in [-0.2, 0) is 18.9 Å². The highest BCUT2D eigenvalue weighted by Crippen LogP contribution is 2.13. The minimum absolute atomic E-state index is 0.0758. The highest BCUT2D eigenvalue weighted by molar-refractivity contribution is 6.01. The number of nitrogens with zero attached hydrogens (tertiary/aromatic N) is 2. The van der Waals surface area contributed by atoms with Gasteiger partial charge in [-0.3, -0.25) is 14.2 Å². The Labute approximate surface area is 129 Å². The van der Waals surface area contributed by atoms with Crippen LogP contribution in [0.15, 0.2) is 40.1 Å². The lowest BCUT2D eigenvalue weighted by molar-refractivity contribution is -0.111. The molecule has 0 aliphatic rings. The molecule has 0 unspecified atom stereocenters. The van der Waals surface area contributed by atoms with E-state index < -0.39 is 28.8 Å². The van der Waals surface area contributed by atoms with Gasteiger partial charge >= 0.3 is 5.69 Å². The Morgan fingerprint density at radius 2 is 1.87 bits per heavy atom. The first kappa shape index (κ1) is 16.3. The first-order chi connectivity index (χ1) is 10.8. The quantitative estimate of drug-likeness (QED) is 0.858. The van der Waals surface area contributed by atoms with Gasteiger partial charge in [0.1, 0.15) is 0 Å². The van der Waals surface area contributed by atoms with Crippen molar-refractivity contribution in [2.75, 3.05) is 5.32 Å². The molecule has 2 aromatic rings. The zero-order valence-corrected chi connectivity index (χ0v) is 12.3. The van der Waals surface area contributed by atoms with Crippen molar-refractivity contribution in [3.05, 3.63) is 68.5 Å². The summed E-state index contributed by atoms with van der Waals surface area (Å²) in [6, 6.07) is 2.93. The molecule has 0 saturated carbocycles. The van der Waals surface area contributed by atoms with Gasteiger partial charge in [-0.05, 0) is 18.2 Å². The van der Waals surface area contributed by atoms with E-state index in [1.54, 1.807) is 0 Å². The van der Waals surface area contributed by atoms with Gasteiger partial charge in [0, 0.05) is 38.1 Å². The maximum atomic E-state index is 13.0. The van der Waals surface area contributed by atoms with Crippen molar-refractivity contribution in [3.63, 3.8) is 0 Å². The van der Waals surface area contributed by atoms with Crippen LogP contribution in [0.3, 0.4) is 0 Å². The van der Waals surface area contributed by atoms with Crippen molar-refractivity contribution in [1.82, 2.24) is 9.13 Å². The second kappa shape index (κ2) is 6.39. The summed E-state index contributed by atoms with van der Waals surface area (Å²) >= 11 is 0. The topological polar surface area (TPSA) is 73.1 Å². The molecule has 2 rings (SSSR count). The summed E-state index contributed by atoms with van der Waals surface area (Å²) in [5.74, 6) is -2.74. The number of aryl methyl sites for hydroxylation is 1. The number of halogens is 2. The largest absolute Gasteiger partial charge is 0.330 e. The predicted octanol–water partition coefficient (Wildman–Crippen LogP) is 1.01. The smallest absolute Gasteiger partial charge is 0.322 e. The van der Waals surface area contributed by atoms with Crippen molar-refractivity contribution >= 4 is 17.7 Å². The Hall–Kier alpha value is -3.03. The van der Waals surface area contributed by atoms with Crippen LogP contribution in [0.4, 0.5) is 14.5 Å². The summed E-state index contributed by atoms with van der Waals surface area (Å²) in [5, 5.41) is 2.33. The summed E-state index contributed by atoms with van der Waals surface area (Å²) < 4.78 is 27.9. The van der Waals surface area contributed by atoms with Crippen molar-refractivity contribution in [2.45, 2.75) is 0 Å². The molecule has 0 spiro atoms. The molecule has 1 amide bonds. The average Bonchev–Trinajstić information content (AvgIpc) is 2.51. The minimum atomic E-state index is -1.08. The lowest BCUT2D eigenvalue weighted by Gasteiger charge is -2.04. The fourth-order valence-electron chi connectivity index (χ4n) is 1.87. The van der Waals surface area contributed by atoms with Crippen LogP contribution in [0.2, 0.25) is 0 Å². The summed E-state index contributed by atoms with van der Waals surface area (Å²) in [7, 11) is 2.80. The van der Waals surface area contributed by atoms with Crippen LogP contribution >= 0.6 is 0 Å². The van der Waals surface area contributed by atoms with Crippen LogP contribution in [0, 0.1) is 11.6 Å². The fourth-order valence-corrected chi connectivity index (χ4v) is 1.87. The lowest BCUT2D eigenvalue weighted by atomic mass is 10.2. The zero-order chi connectivity index (χ0) is 17.1. The number of carbonyl (C=O) groups excluding carboxylic acids is 1. The van der Waals surface area contributed by atoms with Crippen molar-refractivity contribution in [3.8, 4) is 0 Å². The van der Waals surface area contributed by atoms with E-state index in [1.165, 1.54) is 37.0 Å². The van der Waals surface area contributed by atoms with E-state index in [0.29, 0.717) is 0 Å². The number of nitrogens with one attached hydrogen (secondary N) is 1. The van der Waals surface area contributed by atoms with E-state index in [4.69, 9.17) is 0 Å². The number of carbonyl (C=O) groups is 1. The maximum Gasteiger partial charge on any atom is 0.330 e. The van der Waals surface area contributed by atoms with Crippen molar-refractivity contribution in [2.24, 2.45) is 14.1 Å². The number of amides is 1. The molecule has 6 nitrogen and oxygen atoms in total. The molecule has 0 saturated heterocycles. The van der Waals surface area contributed by atoms with E-state index in [0.717, 1.165) is 22.8 Å². The van der Waals surface area contributed by atoms with E-state index in [9.17, 15) is 23.2 Å². The van der Waals surface area contributed by atoms with E-state index in [1.807, 2.05) is 0 Å². The Balaban J connectivity index is 2.20. The minimum Gasteiger partial charge on any atom is -0.322 e. The van der Waals surface area contributed by atoms with Gasteiger partial charge in [-0.15, -0.1) is 0 Å². The number of hydrogen-bond acceptors (Lipinski definition) is 3. The molecule has 0 fully saturated rings. The van der Waals surface area contributed by atoms with E-state index >= 15 is 0 Å². The van der Waals surface area contributed by atoms with Crippen LogP contribution in [-0.4, -0.2) is 15.0 Å². The monoisotopic (exact) mass is 321 g/mol. The second-order valence-electron chi connectivity index (χ2n) is 4.79. The molecule has 1 heterocycles. The van der Waals surface area contributed by atoms with Crippen LogP contribution in [0.25, 0.3) is 6.08 Å². The van der Waals surface area contributed by atoms with Crippen molar-refractivity contribution in [1.29, 1.82) is 0 Å². The highest BCUT2D eigenvalue weighted by Gasteiger charge is 2.06. The summed E-state index contributed by atoms with van der Waals surface area (Å²) in [6.45, 7) is 0. The third-order valence-corrected chi connectivity index (χ3v) is 3.07. The molecule has 0 bridgehead atoms. The van der Waals surface area contributed by atoms with Crippen LogP contribution < -0.4 is 16.6 Å². The molecule has 8 heteroatoms. The molecule has 0 aliphatic carbocycles. The number of aromatic nitrogens is 2. The Bertz CT molecular complexity index is 913. The molecule has 0 aliphatic heterocycles. The lowest BCUT2D eigenvalue weighted by Crippen LogP contribution is -2.37. The normalized spacial score (nSPS) is 11.0. The number of anilines is 1. The summed E-state index contributed by atoms with van der Waals surface area (Å²) in [4.78, 5) is 35.1. The molecule has 1 aromatic carbocycles. The van der Waals surface area contributed by atoms with Crippen molar-refractivity contribution < 1.29 is 13.6 Å². The van der Waals surface area contributed by atoms with Gasteiger partial charge in [0.2, 0.25) is 5.91 Å². The Morgan fingerprint density at radius 3 is 2.52 bits per heavy atom. The van der Waals surface area contributed by atoms with Gasteiger partial charge in [0.25, 0.3) is 5.56 Å². The average molecular weight is 321 g/mol. The molecule has 23 heavy (non-hydrogen) atoms. The predicted molar refractivity (Wildman–Crippen MR) is 80.9 cm³/mol. The highest BCUT2D eigenvalue weighted by atomic mass is 19.2. The fraction of sp³-hybridized carbons (Fsp3) is 0.133. The standard InChI is InChI=1S/C15H13F2N3O3/c1-19-8-9(14(22)20(2)15(19)23)3-6-13(21)18-10-4-5-11(16)12(17)7-10/h3-8H,1-2H3,(H,18,21)/b6-3+. The number of benzene rings is 1. The van der Waals surface area contributed by atoms with Gasteiger partial charge in [-0.1, -0.05) is 0 Å². The molecular weight excluding hydrogens is 308 g/mol. The maximum absolute atomic E-state index is 13.0. The van der Waals surface area contributed by atoms with Gasteiger partial charge in [-0.25, -0.2) is 13.6 Å². The Morgan fingerprint density at radius 1 is 1.17 bits per heavy atom. The third-order valence-electron chi connectivity index (χ3n) is 3.07. The first-order valence-corrected chi connectivity index (χ1v) is 6.50. The molecule has 1 N–H and O–H groups in total. The molecule has 1 aromatic heterocycles. The zero-order valence-electron chi connectivity index (χ0n) is 12.3. The van der Waals surface area contributed by atoms with Gasteiger partial charge in [-0.2, -0.15) is 0 Å². The first-order valence-electron chi connectivity index (χ1n) is 6.50. The van der Waals surface area contributed by atoms with E-state index in [2.05, 4.69) is 5.32 Å². The Kier molecular flexibility index (Phi) is 4.54. The molecular formula is C15H13F2N3O3. The van der Waals surface area contributed by atoms with Crippen LogP contribution in [0.1, 0.15) is 5.56 Å². The third kappa shape index (κ3) is 3.60. The molecule has 120 valence electrons. The van der Waals surface area contributed by atoms with E-state index in [-0.39, 0.29) is 11.3 Å². The molecule has 0 atom stereocenters. The SMILES string of the molecule is Cn1cc(/C=C/C(=O)Nc2ccc(F)c(F)c2)c(=O)n(C)c1=O.